The molecule has 7 heteroatoms. The summed E-state index contributed by atoms with van der Waals surface area (Å²) in [4.78, 5) is 40.3. The number of hydrogen-bond donors (Lipinski definition) is 0. The largest absolute Gasteiger partial charge is 0.443 e. The maximum Gasteiger partial charge on any atom is 0.414 e. The summed E-state index contributed by atoms with van der Waals surface area (Å²) >= 11 is 0. The van der Waals surface area contributed by atoms with Gasteiger partial charge in [-0.15, -0.1) is 0 Å². The number of nitrogens with zero attached hydrogens (tertiary/aromatic N) is 1. The number of carbonyl (C=O) groups is 3. The number of allylic oxidation sites excluding steroid dienone is 1. The smallest absolute Gasteiger partial charge is 0.414 e. The molecular weight excluding hydrogens is 386 g/mol. The molecule has 4 atom stereocenters. The minimum absolute atomic E-state index is 0.0162. The molecule has 0 bridgehead atoms. The number of amides is 1. The molecule has 0 radical (unpaired) electrons. The number of rotatable bonds is 2. The van der Waals surface area contributed by atoms with E-state index in [-0.39, 0.29) is 28.9 Å². The van der Waals surface area contributed by atoms with Crippen LogP contribution in [0.15, 0.2) is 11.3 Å². The number of hydrogen-bond acceptors (Lipinski definition) is 5. The highest BCUT2D eigenvalue weighted by atomic mass is 28.4. The van der Waals surface area contributed by atoms with Crippen molar-refractivity contribution in [2.45, 2.75) is 97.2 Å². The van der Waals surface area contributed by atoms with Gasteiger partial charge in [0.2, 0.25) is 11.6 Å². The van der Waals surface area contributed by atoms with Crippen LogP contribution in [0, 0.1) is 11.8 Å². The second kappa shape index (κ2) is 6.77. The molecule has 0 aromatic rings. The summed E-state index contributed by atoms with van der Waals surface area (Å²) in [5.41, 5.74) is 0.448. The van der Waals surface area contributed by atoms with Crippen molar-refractivity contribution in [3.63, 3.8) is 0 Å². The van der Waals surface area contributed by atoms with Gasteiger partial charge in [-0.1, -0.05) is 20.8 Å². The third kappa shape index (κ3) is 3.61. The van der Waals surface area contributed by atoms with Crippen molar-refractivity contribution in [1.29, 1.82) is 0 Å². The first-order valence-electron chi connectivity index (χ1n) is 10.6. The van der Waals surface area contributed by atoms with Crippen LogP contribution in [0.25, 0.3) is 0 Å². The fraction of sp³-hybridized carbons (Fsp3) is 0.773. The summed E-state index contributed by atoms with van der Waals surface area (Å²) in [5.74, 6) is -1.56. The van der Waals surface area contributed by atoms with Crippen LogP contribution in [0.3, 0.4) is 0 Å². The van der Waals surface area contributed by atoms with E-state index in [2.05, 4.69) is 33.9 Å². The van der Waals surface area contributed by atoms with Crippen LogP contribution < -0.4 is 0 Å². The highest BCUT2D eigenvalue weighted by Crippen LogP contribution is 2.53. The van der Waals surface area contributed by atoms with Crippen molar-refractivity contribution < 1.29 is 23.5 Å². The van der Waals surface area contributed by atoms with Crippen LogP contribution in [0.2, 0.25) is 18.1 Å². The number of carbonyl (C=O) groups excluding carboxylic acids is 3. The van der Waals surface area contributed by atoms with Gasteiger partial charge in [0.05, 0.1) is 12.0 Å². The van der Waals surface area contributed by atoms with Crippen molar-refractivity contribution in [1.82, 2.24) is 4.90 Å². The summed E-state index contributed by atoms with van der Waals surface area (Å²) in [6.07, 6.45) is 0.653. The summed E-state index contributed by atoms with van der Waals surface area (Å²) in [6, 6.07) is -0.209. The molecular formula is C22H35NO5Si. The lowest BCUT2D eigenvalue weighted by Crippen LogP contribution is -2.53. The van der Waals surface area contributed by atoms with Crippen LogP contribution in [0.5, 0.6) is 0 Å². The van der Waals surface area contributed by atoms with E-state index in [0.29, 0.717) is 24.1 Å². The van der Waals surface area contributed by atoms with Gasteiger partial charge in [-0.3, -0.25) is 14.5 Å². The Morgan fingerprint density at radius 1 is 1.03 bits per heavy atom. The topological polar surface area (TPSA) is 72.9 Å². The van der Waals surface area contributed by atoms with Crippen molar-refractivity contribution in [2.75, 3.05) is 0 Å². The molecule has 2 aliphatic carbocycles. The molecule has 0 aromatic carbocycles. The van der Waals surface area contributed by atoms with Gasteiger partial charge in [0.15, 0.2) is 8.32 Å². The molecule has 1 heterocycles. The van der Waals surface area contributed by atoms with Gasteiger partial charge in [0.1, 0.15) is 5.60 Å². The van der Waals surface area contributed by atoms with E-state index in [1.165, 1.54) is 0 Å². The summed E-state index contributed by atoms with van der Waals surface area (Å²) < 4.78 is 12.2. The Kier molecular flexibility index (Phi) is 5.19. The molecule has 4 unspecified atom stereocenters. The van der Waals surface area contributed by atoms with Gasteiger partial charge < -0.3 is 9.16 Å². The Balaban J connectivity index is 1.94. The molecule has 3 aliphatic rings. The van der Waals surface area contributed by atoms with E-state index in [0.717, 1.165) is 0 Å². The second-order valence-corrected chi connectivity index (χ2v) is 15.9. The zero-order valence-electron chi connectivity index (χ0n) is 19.2. The number of Topliss-reactive ketones (excluding diaryl/α,β-unsaturated/α-hetero) is 2. The first kappa shape index (κ1) is 22.2. The SMILES string of the molecule is CC1=C2C(=O)C(=O)C3C(O[Si](C)(C)C(C)(C)C)CCC(C23)N1C(=O)OC(C)(C)C. The van der Waals surface area contributed by atoms with Gasteiger partial charge in [0, 0.05) is 23.2 Å². The number of ketones is 2. The van der Waals surface area contributed by atoms with E-state index in [1.807, 2.05) is 20.8 Å². The Bertz CT molecular complexity index is 786. The van der Waals surface area contributed by atoms with Crippen LogP contribution in [-0.4, -0.2) is 48.6 Å². The lowest BCUT2D eigenvalue weighted by atomic mass is 9.75. The third-order valence-electron chi connectivity index (χ3n) is 6.98. The Labute approximate surface area is 175 Å². The molecule has 1 amide bonds. The Morgan fingerprint density at radius 3 is 2.14 bits per heavy atom. The maximum absolute atomic E-state index is 12.9. The molecule has 0 saturated heterocycles. The van der Waals surface area contributed by atoms with E-state index in [4.69, 9.17) is 9.16 Å². The highest BCUT2D eigenvalue weighted by molar-refractivity contribution is 6.74. The predicted octanol–water partition coefficient (Wildman–Crippen LogP) is 4.45. The third-order valence-corrected chi connectivity index (χ3v) is 11.5. The van der Waals surface area contributed by atoms with Crippen molar-refractivity contribution >= 4 is 26.0 Å². The van der Waals surface area contributed by atoms with Crippen molar-refractivity contribution in [2.24, 2.45) is 11.8 Å². The highest BCUT2D eigenvalue weighted by Gasteiger charge is 2.62. The maximum atomic E-state index is 12.9. The zero-order valence-corrected chi connectivity index (χ0v) is 20.2. The second-order valence-electron chi connectivity index (χ2n) is 11.2. The van der Waals surface area contributed by atoms with E-state index >= 15 is 0 Å². The fourth-order valence-electron chi connectivity index (χ4n) is 4.65. The Hall–Kier alpha value is -1.47. The molecule has 6 nitrogen and oxygen atoms in total. The minimum Gasteiger partial charge on any atom is -0.443 e. The lowest BCUT2D eigenvalue weighted by molar-refractivity contribution is -0.137. The van der Waals surface area contributed by atoms with Gasteiger partial charge >= 0.3 is 6.09 Å². The molecule has 2 saturated carbocycles. The first-order chi connectivity index (χ1) is 13.1. The molecule has 2 fully saturated rings. The van der Waals surface area contributed by atoms with Gasteiger partial charge in [-0.2, -0.15) is 0 Å². The molecule has 1 aliphatic heterocycles. The van der Waals surface area contributed by atoms with Crippen LogP contribution >= 0.6 is 0 Å². The summed E-state index contributed by atoms with van der Waals surface area (Å²) in [6.45, 7) is 18.1. The molecule has 0 N–H and O–H groups in total. The molecule has 0 spiro atoms. The minimum atomic E-state index is -2.10. The fourth-order valence-corrected chi connectivity index (χ4v) is 6.02. The molecule has 3 rings (SSSR count). The van der Waals surface area contributed by atoms with Crippen LogP contribution in [0.1, 0.15) is 61.3 Å². The predicted molar refractivity (Wildman–Crippen MR) is 113 cm³/mol. The monoisotopic (exact) mass is 421 g/mol. The normalized spacial score (nSPS) is 30.2. The van der Waals surface area contributed by atoms with Crippen LogP contribution in [-0.2, 0) is 18.8 Å². The van der Waals surface area contributed by atoms with E-state index < -0.39 is 31.7 Å². The summed E-state index contributed by atoms with van der Waals surface area (Å²) in [7, 11) is -2.10. The van der Waals surface area contributed by atoms with Gasteiger partial charge in [-0.25, -0.2) is 4.79 Å². The van der Waals surface area contributed by atoms with E-state index in [9.17, 15) is 14.4 Å². The number of ether oxygens (including phenoxy) is 1. The van der Waals surface area contributed by atoms with Crippen molar-refractivity contribution in [3.05, 3.63) is 11.3 Å². The average molecular weight is 422 g/mol. The van der Waals surface area contributed by atoms with Gasteiger partial charge in [0.25, 0.3) is 0 Å². The van der Waals surface area contributed by atoms with Gasteiger partial charge in [-0.05, 0) is 58.7 Å². The molecule has 29 heavy (non-hydrogen) atoms. The first-order valence-corrected chi connectivity index (χ1v) is 13.5. The lowest BCUT2D eigenvalue weighted by Gasteiger charge is -2.45. The van der Waals surface area contributed by atoms with Crippen LogP contribution in [0.4, 0.5) is 4.79 Å². The Morgan fingerprint density at radius 2 is 1.62 bits per heavy atom. The standard InChI is InChI=1S/C22H35NO5Si/c1-12-15-16-13(23(12)20(26)27-21(2,3)4)10-11-14(17(16)19(25)18(15)24)28-29(8,9)22(5,6)7/h13-14,16-17H,10-11H2,1-9H3. The summed E-state index contributed by atoms with van der Waals surface area (Å²) in [5, 5.41) is 0.0162. The van der Waals surface area contributed by atoms with Crippen molar-refractivity contribution in [3.8, 4) is 0 Å². The average Bonchev–Trinajstić information content (AvgIpc) is 2.96. The van der Waals surface area contributed by atoms with E-state index in [1.54, 1.807) is 11.8 Å². The zero-order chi connectivity index (χ0) is 22.1. The quantitative estimate of drug-likeness (QED) is 0.486. The molecule has 162 valence electrons. The molecule has 0 aromatic heterocycles.